The Morgan fingerprint density at radius 1 is 1.29 bits per heavy atom. The van der Waals surface area contributed by atoms with E-state index in [0.717, 1.165) is 0 Å². The van der Waals surface area contributed by atoms with Gasteiger partial charge in [0, 0.05) is 12.8 Å². The van der Waals surface area contributed by atoms with Crippen molar-refractivity contribution in [3.8, 4) is 5.75 Å². The van der Waals surface area contributed by atoms with Gasteiger partial charge >= 0.3 is 11.9 Å². The molecule has 1 atom stereocenters. The van der Waals surface area contributed by atoms with E-state index in [1.807, 2.05) is 0 Å². The minimum absolute atomic E-state index is 0.0597. The van der Waals surface area contributed by atoms with Gasteiger partial charge in [-0.2, -0.15) is 0 Å². The van der Waals surface area contributed by atoms with Crippen LogP contribution in [-0.2, 0) is 25.5 Å². The molecule has 0 spiro atoms. The number of esters is 1. The molecule has 0 saturated carbocycles. The number of rotatable bonds is 9. The number of carbonyl (C=O) groups excluding carboxylic acids is 2. The standard InChI is InChI=1S/C16H20ClNO6/c1-3-24-15(20)7-6-14(19)18-12(16(21)22)9-10-4-5-13(23-2)11(17)8-10/h4-5,8,12H,3,6-7,9H2,1-2H3,(H,18,19)(H,21,22)/t12-/m1/s1. The molecule has 0 saturated heterocycles. The molecule has 0 fully saturated rings. The summed E-state index contributed by atoms with van der Waals surface area (Å²) in [7, 11) is 1.48. The smallest absolute Gasteiger partial charge is 0.326 e. The van der Waals surface area contributed by atoms with Gasteiger partial charge in [0.05, 0.1) is 25.2 Å². The average Bonchev–Trinajstić information content (AvgIpc) is 2.52. The van der Waals surface area contributed by atoms with Crippen LogP contribution in [0.4, 0.5) is 0 Å². The maximum Gasteiger partial charge on any atom is 0.326 e. The number of nitrogens with one attached hydrogen (secondary N) is 1. The van der Waals surface area contributed by atoms with Gasteiger partial charge in [-0.3, -0.25) is 9.59 Å². The van der Waals surface area contributed by atoms with Crippen LogP contribution in [0.25, 0.3) is 0 Å². The molecule has 0 bridgehead atoms. The summed E-state index contributed by atoms with van der Waals surface area (Å²) < 4.78 is 9.74. The van der Waals surface area contributed by atoms with Crippen molar-refractivity contribution in [3.63, 3.8) is 0 Å². The fraction of sp³-hybridized carbons (Fsp3) is 0.438. The lowest BCUT2D eigenvalue weighted by Crippen LogP contribution is -2.42. The van der Waals surface area contributed by atoms with Crippen molar-refractivity contribution in [2.24, 2.45) is 0 Å². The zero-order chi connectivity index (χ0) is 18.1. The van der Waals surface area contributed by atoms with E-state index < -0.39 is 23.9 Å². The van der Waals surface area contributed by atoms with Crippen molar-refractivity contribution >= 4 is 29.4 Å². The van der Waals surface area contributed by atoms with Crippen molar-refractivity contribution in [2.45, 2.75) is 32.2 Å². The second-order valence-electron chi connectivity index (χ2n) is 4.94. The van der Waals surface area contributed by atoms with Gasteiger partial charge in [-0.1, -0.05) is 17.7 Å². The summed E-state index contributed by atoms with van der Waals surface area (Å²) in [6.07, 6.45) is -0.170. The number of carboxylic acids is 1. The molecule has 8 heteroatoms. The minimum Gasteiger partial charge on any atom is -0.495 e. The molecule has 1 aromatic carbocycles. The molecule has 0 aliphatic rings. The van der Waals surface area contributed by atoms with E-state index >= 15 is 0 Å². The second kappa shape index (κ2) is 9.77. The molecule has 1 aromatic rings. The number of amides is 1. The van der Waals surface area contributed by atoms with Crippen LogP contribution in [0.3, 0.4) is 0 Å². The van der Waals surface area contributed by atoms with E-state index in [-0.39, 0.29) is 25.9 Å². The van der Waals surface area contributed by atoms with Gasteiger partial charge in [0.1, 0.15) is 11.8 Å². The van der Waals surface area contributed by atoms with Crippen LogP contribution >= 0.6 is 11.6 Å². The van der Waals surface area contributed by atoms with Gasteiger partial charge in [0.25, 0.3) is 0 Å². The molecule has 0 aromatic heterocycles. The van der Waals surface area contributed by atoms with E-state index in [9.17, 15) is 19.5 Å². The first-order valence-corrected chi connectivity index (χ1v) is 7.75. The monoisotopic (exact) mass is 357 g/mol. The van der Waals surface area contributed by atoms with Crippen molar-refractivity contribution in [1.29, 1.82) is 0 Å². The molecular formula is C16H20ClNO6. The van der Waals surface area contributed by atoms with Crippen LogP contribution in [0.5, 0.6) is 5.75 Å². The Kier molecular flexibility index (Phi) is 8.05. The summed E-state index contributed by atoms with van der Waals surface area (Å²) in [6, 6.07) is 3.76. The highest BCUT2D eigenvalue weighted by Crippen LogP contribution is 2.25. The fourth-order valence-corrected chi connectivity index (χ4v) is 2.27. The summed E-state index contributed by atoms with van der Waals surface area (Å²) >= 11 is 6.00. The number of ether oxygens (including phenoxy) is 2. The lowest BCUT2D eigenvalue weighted by atomic mass is 10.1. The Balaban J connectivity index is 2.64. The Bertz CT molecular complexity index is 604. The summed E-state index contributed by atoms with van der Waals surface area (Å²) in [5.74, 6) is -1.73. The number of carboxylic acid groups (broad SMARTS) is 1. The molecule has 0 aliphatic carbocycles. The third-order valence-electron chi connectivity index (χ3n) is 3.15. The van der Waals surface area contributed by atoms with E-state index in [4.69, 9.17) is 21.1 Å². The number of halogens is 1. The van der Waals surface area contributed by atoms with Gasteiger partial charge in [-0.05, 0) is 24.6 Å². The second-order valence-corrected chi connectivity index (χ2v) is 5.34. The van der Waals surface area contributed by atoms with Crippen molar-refractivity contribution in [2.75, 3.05) is 13.7 Å². The van der Waals surface area contributed by atoms with E-state index in [1.165, 1.54) is 7.11 Å². The lowest BCUT2D eigenvalue weighted by Gasteiger charge is -2.15. The highest BCUT2D eigenvalue weighted by atomic mass is 35.5. The predicted octanol–water partition coefficient (Wildman–Crippen LogP) is 1.80. The molecule has 1 amide bonds. The Morgan fingerprint density at radius 2 is 2.00 bits per heavy atom. The van der Waals surface area contributed by atoms with Crippen LogP contribution < -0.4 is 10.1 Å². The lowest BCUT2D eigenvalue weighted by molar-refractivity contribution is -0.144. The third kappa shape index (κ3) is 6.45. The van der Waals surface area contributed by atoms with Gasteiger partial charge in [-0.15, -0.1) is 0 Å². The van der Waals surface area contributed by atoms with Crippen molar-refractivity contribution in [1.82, 2.24) is 5.32 Å². The summed E-state index contributed by atoms with van der Waals surface area (Å²) in [4.78, 5) is 34.3. The van der Waals surface area contributed by atoms with Crippen LogP contribution in [0, 0.1) is 0 Å². The molecule has 132 valence electrons. The van der Waals surface area contributed by atoms with Gasteiger partial charge in [0.2, 0.25) is 5.91 Å². The first-order chi connectivity index (χ1) is 11.4. The average molecular weight is 358 g/mol. The SMILES string of the molecule is CCOC(=O)CCC(=O)N[C@H](Cc1ccc(OC)c(Cl)c1)C(=O)O. The van der Waals surface area contributed by atoms with Gasteiger partial charge in [0.15, 0.2) is 0 Å². The first-order valence-electron chi connectivity index (χ1n) is 7.37. The molecule has 7 nitrogen and oxygen atoms in total. The maximum atomic E-state index is 11.8. The maximum absolute atomic E-state index is 11.8. The molecule has 2 N–H and O–H groups in total. The van der Waals surface area contributed by atoms with E-state index in [0.29, 0.717) is 16.3 Å². The first kappa shape index (κ1) is 19.8. The number of hydrogen-bond acceptors (Lipinski definition) is 5. The van der Waals surface area contributed by atoms with Crippen LogP contribution in [-0.4, -0.2) is 42.7 Å². The zero-order valence-corrected chi connectivity index (χ0v) is 14.3. The van der Waals surface area contributed by atoms with E-state index in [2.05, 4.69) is 5.32 Å². The summed E-state index contributed by atoms with van der Waals surface area (Å²) in [6.45, 7) is 1.90. The normalized spacial score (nSPS) is 11.5. The number of benzene rings is 1. The largest absolute Gasteiger partial charge is 0.495 e. The molecule has 0 radical (unpaired) electrons. The minimum atomic E-state index is -1.17. The van der Waals surface area contributed by atoms with E-state index in [1.54, 1.807) is 25.1 Å². The predicted molar refractivity (Wildman–Crippen MR) is 87.1 cm³/mol. The Morgan fingerprint density at radius 3 is 2.54 bits per heavy atom. The molecule has 1 rings (SSSR count). The quantitative estimate of drug-likeness (QED) is 0.653. The topological polar surface area (TPSA) is 102 Å². The molecular weight excluding hydrogens is 338 g/mol. The Labute approximate surface area is 144 Å². The number of aliphatic carboxylic acids is 1. The van der Waals surface area contributed by atoms with Gasteiger partial charge in [-0.25, -0.2) is 4.79 Å². The number of methoxy groups -OCH3 is 1. The van der Waals surface area contributed by atoms with Crippen molar-refractivity contribution < 1.29 is 29.0 Å². The molecule has 0 heterocycles. The van der Waals surface area contributed by atoms with Crippen molar-refractivity contribution in [3.05, 3.63) is 28.8 Å². The highest BCUT2D eigenvalue weighted by molar-refractivity contribution is 6.32. The van der Waals surface area contributed by atoms with Crippen LogP contribution in [0.1, 0.15) is 25.3 Å². The Hall–Kier alpha value is -2.28. The van der Waals surface area contributed by atoms with Gasteiger partial charge < -0.3 is 19.9 Å². The summed E-state index contributed by atoms with van der Waals surface area (Å²) in [5.41, 5.74) is 0.638. The number of carbonyl (C=O) groups is 3. The third-order valence-corrected chi connectivity index (χ3v) is 3.45. The fourth-order valence-electron chi connectivity index (χ4n) is 1.99. The van der Waals surface area contributed by atoms with Crippen LogP contribution in [0.15, 0.2) is 18.2 Å². The highest BCUT2D eigenvalue weighted by Gasteiger charge is 2.21. The molecule has 0 unspecified atom stereocenters. The molecule has 24 heavy (non-hydrogen) atoms. The number of hydrogen-bond donors (Lipinski definition) is 2. The molecule has 0 aliphatic heterocycles. The van der Waals surface area contributed by atoms with Crippen LogP contribution in [0.2, 0.25) is 5.02 Å². The summed E-state index contributed by atoms with van der Waals surface area (Å²) in [5, 5.41) is 12.0. The zero-order valence-electron chi connectivity index (χ0n) is 13.5.